The molecule has 0 aliphatic heterocycles. The molecule has 0 aliphatic carbocycles. The number of aromatic amines is 1. The minimum Gasteiger partial charge on any atom is -0.506 e. The Morgan fingerprint density at radius 3 is 2.80 bits per heavy atom. The lowest BCUT2D eigenvalue weighted by atomic mass is 10.0. The number of benzene rings is 1. The van der Waals surface area contributed by atoms with Crippen molar-refractivity contribution in [3.8, 4) is 5.75 Å². The lowest BCUT2D eigenvalue weighted by Gasteiger charge is -2.15. The number of aliphatic hydroxyl groups is 1. The largest absolute Gasteiger partial charge is 0.506 e. The SMILES string of the molecule is CCC[CH]CCCCCNC[C@H](O)c1ccc(O)c2[nH]c(=O)ccc12. The van der Waals surface area contributed by atoms with E-state index in [1.165, 1.54) is 44.2 Å². The summed E-state index contributed by atoms with van der Waals surface area (Å²) in [6, 6.07) is 6.25. The molecule has 4 N–H and O–H groups in total. The second kappa shape index (κ2) is 10.2. The number of hydrogen-bond donors (Lipinski definition) is 4. The van der Waals surface area contributed by atoms with Gasteiger partial charge >= 0.3 is 0 Å². The van der Waals surface area contributed by atoms with Crippen LogP contribution in [0.2, 0.25) is 0 Å². The number of pyridine rings is 1. The Balaban J connectivity index is 1.80. The van der Waals surface area contributed by atoms with Crippen molar-refractivity contribution < 1.29 is 10.2 Å². The molecule has 5 nitrogen and oxygen atoms in total. The molecule has 1 heterocycles. The van der Waals surface area contributed by atoms with E-state index < -0.39 is 6.10 Å². The topological polar surface area (TPSA) is 85.3 Å². The summed E-state index contributed by atoms with van der Waals surface area (Å²) in [4.78, 5) is 14.0. The molecule has 0 aliphatic rings. The quantitative estimate of drug-likeness (QED) is 0.470. The van der Waals surface area contributed by atoms with Gasteiger partial charge in [-0.15, -0.1) is 0 Å². The number of phenols is 1. The van der Waals surface area contributed by atoms with Crippen LogP contribution in [0.25, 0.3) is 10.9 Å². The predicted molar refractivity (Wildman–Crippen MR) is 102 cm³/mol. The Hall–Kier alpha value is -1.85. The van der Waals surface area contributed by atoms with Gasteiger partial charge in [0.1, 0.15) is 5.75 Å². The summed E-state index contributed by atoms with van der Waals surface area (Å²) in [6.07, 6.45) is 8.79. The summed E-state index contributed by atoms with van der Waals surface area (Å²) in [5, 5.41) is 24.3. The molecule has 5 heteroatoms. The van der Waals surface area contributed by atoms with Crippen LogP contribution in [-0.2, 0) is 0 Å². The Morgan fingerprint density at radius 1 is 1.16 bits per heavy atom. The molecule has 0 amide bonds. The van der Waals surface area contributed by atoms with E-state index in [4.69, 9.17) is 0 Å². The molecule has 1 radical (unpaired) electrons. The highest BCUT2D eigenvalue weighted by atomic mass is 16.3. The van der Waals surface area contributed by atoms with Crippen LogP contribution >= 0.6 is 0 Å². The van der Waals surface area contributed by atoms with Crippen molar-refractivity contribution in [1.29, 1.82) is 0 Å². The van der Waals surface area contributed by atoms with Gasteiger partial charge in [-0.3, -0.25) is 4.79 Å². The maximum atomic E-state index is 11.4. The number of nitrogens with one attached hydrogen (secondary N) is 2. The van der Waals surface area contributed by atoms with Gasteiger partial charge in [-0.1, -0.05) is 45.1 Å². The molecule has 2 aromatic rings. The second-order valence-electron chi connectivity index (χ2n) is 6.43. The van der Waals surface area contributed by atoms with Gasteiger partial charge in [-0.2, -0.15) is 0 Å². The average Bonchev–Trinajstić information content (AvgIpc) is 2.61. The first-order valence-corrected chi connectivity index (χ1v) is 9.18. The number of aliphatic hydroxyl groups excluding tert-OH is 1. The summed E-state index contributed by atoms with van der Waals surface area (Å²) in [5.41, 5.74) is 0.793. The van der Waals surface area contributed by atoms with Crippen LogP contribution in [-0.4, -0.2) is 28.3 Å². The number of aromatic hydroxyl groups is 1. The fourth-order valence-electron chi connectivity index (χ4n) is 2.96. The summed E-state index contributed by atoms with van der Waals surface area (Å²) in [6.45, 7) is 3.51. The van der Waals surface area contributed by atoms with Crippen molar-refractivity contribution in [3.05, 3.63) is 46.6 Å². The van der Waals surface area contributed by atoms with Crippen molar-refractivity contribution in [1.82, 2.24) is 10.3 Å². The minimum atomic E-state index is -0.688. The summed E-state index contributed by atoms with van der Waals surface area (Å²) in [5.74, 6) is 0.0106. The Labute approximate surface area is 149 Å². The maximum Gasteiger partial charge on any atom is 0.248 e. The number of hydrogen-bond acceptors (Lipinski definition) is 4. The molecular weight excluding hydrogens is 316 g/mol. The second-order valence-corrected chi connectivity index (χ2v) is 6.43. The van der Waals surface area contributed by atoms with Crippen LogP contribution in [0.1, 0.15) is 57.1 Å². The smallest absolute Gasteiger partial charge is 0.248 e. The lowest BCUT2D eigenvalue weighted by Crippen LogP contribution is -2.22. The number of H-pyrrole nitrogens is 1. The van der Waals surface area contributed by atoms with Gasteiger partial charge in [-0.25, -0.2) is 0 Å². The van der Waals surface area contributed by atoms with E-state index in [9.17, 15) is 15.0 Å². The first-order valence-electron chi connectivity index (χ1n) is 9.18. The van der Waals surface area contributed by atoms with Crippen LogP contribution in [0.5, 0.6) is 5.75 Å². The van der Waals surface area contributed by atoms with Crippen LogP contribution in [0, 0.1) is 6.42 Å². The molecule has 0 saturated heterocycles. The molecule has 2 rings (SSSR count). The van der Waals surface area contributed by atoms with Gasteiger partial charge < -0.3 is 20.5 Å². The standard InChI is InChI=1S/C20H29N2O3/c1-2-3-4-5-6-7-8-13-21-14-18(24)15-9-11-17(23)20-16(15)10-12-19(25)22-20/h4,9-12,18,21,23-24H,2-3,5-8,13-14H2,1H3,(H,22,25)/t18-/m0/s1. The van der Waals surface area contributed by atoms with E-state index >= 15 is 0 Å². The van der Waals surface area contributed by atoms with Crippen LogP contribution < -0.4 is 10.9 Å². The number of aromatic nitrogens is 1. The molecule has 0 bridgehead atoms. The van der Waals surface area contributed by atoms with Gasteiger partial charge in [-0.05, 0) is 37.1 Å². The van der Waals surface area contributed by atoms with Crippen molar-refractivity contribution in [3.63, 3.8) is 0 Å². The van der Waals surface area contributed by atoms with Gasteiger partial charge in [0.2, 0.25) is 5.56 Å². The van der Waals surface area contributed by atoms with E-state index in [2.05, 4.69) is 23.6 Å². The van der Waals surface area contributed by atoms with Gasteiger partial charge in [0.25, 0.3) is 0 Å². The molecule has 0 fully saturated rings. The van der Waals surface area contributed by atoms with E-state index in [1.54, 1.807) is 12.1 Å². The fraction of sp³-hybridized carbons (Fsp3) is 0.500. The lowest BCUT2D eigenvalue weighted by molar-refractivity contribution is 0.176. The summed E-state index contributed by atoms with van der Waals surface area (Å²) in [7, 11) is 0. The first-order chi connectivity index (χ1) is 12.1. The third kappa shape index (κ3) is 5.87. The number of rotatable bonds is 11. The Bertz CT molecular complexity index is 712. The zero-order chi connectivity index (χ0) is 18.1. The number of fused-ring (bicyclic) bond motifs is 1. The Morgan fingerprint density at radius 2 is 2.00 bits per heavy atom. The highest BCUT2D eigenvalue weighted by Crippen LogP contribution is 2.28. The third-order valence-corrected chi connectivity index (χ3v) is 4.36. The number of unbranched alkanes of at least 4 members (excludes halogenated alkanes) is 6. The molecule has 1 aromatic carbocycles. The minimum absolute atomic E-state index is 0.0106. The molecule has 137 valence electrons. The molecule has 1 atom stereocenters. The number of phenolic OH excluding ortho intramolecular Hbond substituents is 1. The molecule has 0 unspecified atom stereocenters. The van der Waals surface area contributed by atoms with Crippen LogP contribution in [0.15, 0.2) is 29.1 Å². The highest BCUT2D eigenvalue weighted by Gasteiger charge is 2.13. The summed E-state index contributed by atoms with van der Waals surface area (Å²) >= 11 is 0. The van der Waals surface area contributed by atoms with Crippen LogP contribution in [0.4, 0.5) is 0 Å². The molecule has 25 heavy (non-hydrogen) atoms. The van der Waals surface area contributed by atoms with Gasteiger partial charge in [0.15, 0.2) is 0 Å². The maximum absolute atomic E-state index is 11.4. The van der Waals surface area contributed by atoms with Gasteiger partial charge in [0.05, 0.1) is 11.6 Å². The normalized spacial score (nSPS) is 12.6. The van der Waals surface area contributed by atoms with Crippen molar-refractivity contribution in [2.45, 2.75) is 51.6 Å². The first kappa shape index (κ1) is 19.5. The zero-order valence-corrected chi connectivity index (χ0v) is 14.9. The highest BCUT2D eigenvalue weighted by molar-refractivity contribution is 5.87. The van der Waals surface area contributed by atoms with E-state index in [0.29, 0.717) is 23.0 Å². The van der Waals surface area contributed by atoms with Crippen molar-refractivity contribution in [2.75, 3.05) is 13.1 Å². The molecule has 0 spiro atoms. The summed E-state index contributed by atoms with van der Waals surface area (Å²) < 4.78 is 0. The van der Waals surface area contributed by atoms with E-state index in [1.807, 2.05) is 0 Å². The fourth-order valence-corrected chi connectivity index (χ4v) is 2.96. The zero-order valence-electron chi connectivity index (χ0n) is 14.9. The van der Waals surface area contributed by atoms with Crippen molar-refractivity contribution in [2.24, 2.45) is 0 Å². The molecular formula is C20H29N2O3. The van der Waals surface area contributed by atoms with Crippen molar-refractivity contribution >= 4 is 10.9 Å². The van der Waals surface area contributed by atoms with Gasteiger partial charge in [0, 0.05) is 18.0 Å². The van der Waals surface area contributed by atoms with E-state index in [-0.39, 0.29) is 11.3 Å². The third-order valence-electron chi connectivity index (χ3n) is 4.36. The molecule has 0 saturated carbocycles. The van der Waals surface area contributed by atoms with E-state index in [0.717, 1.165) is 13.0 Å². The monoisotopic (exact) mass is 345 g/mol. The predicted octanol–water partition coefficient (Wildman–Crippen LogP) is 3.42. The average molecular weight is 345 g/mol. The van der Waals surface area contributed by atoms with Crippen LogP contribution in [0.3, 0.4) is 0 Å². The Kier molecular flexibility index (Phi) is 7.95. The molecule has 1 aromatic heterocycles.